The first-order valence-corrected chi connectivity index (χ1v) is 7.40. The number of hydrogen-bond donors (Lipinski definition) is 1. The molecule has 0 bridgehead atoms. The topological polar surface area (TPSA) is 15.3 Å². The third-order valence-electron chi connectivity index (χ3n) is 2.34. The van der Waals surface area contributed by atoms with E-state index < -0.39 is 0 Å². The Morgan fingerprint density at radius 1 is 1.50 bits per heavy atom. The second-order valence-corrected chi connectivity index (χ2v) is 6.75. The van der Waals surface area contributed by atoms with Gasteiger partial charge in [-0.1, -0.05) is 13.8 Å². The number of halogens is 1. The zero-order valence-corrected chi connectivity index (χ0v) is 12.7. The second-order valence-electron chi connectivity index (χ2n) is 4.46. The largest absolute Gasteiger partial charge is 0.314 e. The Balaban J connectivity index is 2.13. The summed E-state index contributed by atoms with van der Waals surface area (Å²) in [5.74, 6) is 0. The Labute approximate surface area is 111 Å². The van der Waals surface area contributed by atoms with Crippen LogP contribution in [0.4, 0.5) is 0 Å². The maximum atomic E-state index is 3.49. The molecule has 0 amide bonds. The van der Waals surface area contributed by atoms with Gasteiger partial charge in [-0.05, 0) is 59.5 Å². The summed E-state index contributed by atoms with van der Waals surface area (Å²) in [6, 6.07) is 2.80. The quantitative estimate of drug-likeness (QED) is 0.777. The molecule has 2 nitrogen and oxygen atoms in total. The second kappa shape index (κ2) is 7.43. The molecule has 0 aliphatic heterocycles. The van der Waals surface area contributed by atoms with Crippen molar-refractivity contribution in [2.75, 3.05) is 20.1 Å². The van der Waals surface area contributed by atoms with Gasteiger partial charge in [-0.3, -0.25) is 0 Å². The summed E-state index contributed by atoms with van der Waals surface area (Å²) >= 11 is 5.25. The van der Waals surface area contributed by atoms with Crippen molar-refractivity contribution in [1.82, 2.24) is 10.2 Å². The Hall–Kier alpha value is 0.100. The van der Waals surface area contributed by atoms with Crippen LogP contribution in [0.2, 0.25) is 0 Å². The smallest absolute Gasteiger partial charge is 0.0701 e. The molecule has 1 aromatic rings. The molecular weight excluding hydrogens is 284 g/mol. The number of thiophene rings is 1. The van der Waals surface area contributed by atoms with Crippen molar-refractivity contribution >= 4 is 27.3 Å². The molecule has 0 aliphatic carbocycles. The maximum absolute atomic E-state index is 3.49. The van der Waals surface area contributed by atoms with E-state index in [0.717, 1.165) is 19.6 Å². The summed E-state index contributed by atoms with van der Waals surface area (Å²) in [5.41, 5.74) is 1.40. The Bertz CT molecular complexity index is 299. The molecular formula is C12H21BrN2S. The van der Waals surface area contributed by atoms with Crippen LogP contribution in [0, 0.1) is 0 Å². The van der Waals surface area contributed by atoms with Crippen LogP contribution in [0.3, 0.4) is 0 Å². The lowest BCUT2D eigenvalue weighted by Crippen LogP contribution is -2.27. The molecule has 0 saturated carbocycles. The van der Waals surface area contributed by atoms with Gasteiger partial charge in [-0.25, -0.2) is 0 Å². The fourth-order valence-electron chi connectivity index (χ4n) is 1.56. The molecule has 1 rings (SSSR count). The van der Waals surface area contributed by atoms with Crippen molar-refractivity contribution in [3.8, 4) is 0 Å². The van der Waals surface area contributed by atoms with E-state index in [0.29, 0.717) is 6.04 Å². The molecule has 0 unspecified atom stereocenters. The van der Waals surface area contributed by atoms with Crippen LogP contribution in [0.1, 0.15) is 25.8 Å². The molecule has 4 heteroatoms. The summed E-state index contributed by atoms with van der Waals surface area (Å²) in [6.07, 6.45) is 1.21. The monoisotopic (exact) mass is 304 g/mol. The Morgan fingerprint density at radius 2 is 2.25 bits per heavy atom. The molecule has 0 aliphatic rings. The first-order valence-electron chi connectivity index (χ1n) is 5.72. The normalized spacial score (nSPS) is 11.6. The van der Waals surface area contributed by atoms with Crippen LogP contribution in [-0.4, -0.2) is 31.1 Å². The minimum Gasteiger partial charge on any atom is -0.314 e. The molecule has 1 N–H and O–H groups in total. The van der Waals surface area contributed by atoms with E-state index in [2.05, 4.69) is 58.5 Å². The predicted octanol–water partition coefficient (Wildman–Crippen LogP) is 3.33. The van der Waals surface area contributed by atoms with Crippen molar-refractivity contribution < 1.29 is 0 Å². The molecule has 0 atom stereocenters. The minimum absolute atomic E-state index is 0.595. The third-order valence-corrected chi connectivity index (χ3v) is 3.90. The number of rotatable bonds is 7. The van der Waals surface area contributed by atoms with Crippen molar-refractivity contribution in [3.05, 3.63) is 20.8 Å². The number of nitrogens with one attached hydrogen (secondary N) is 1. The average molecular weight is 305 g/mol. The van der Waals surface area contributed by atoms with E-state index in [1.807, 2.05) is 0 Å². The lowest BCUT2D eigenvalue weighted by Gasteiger charge is -2.16. The van der Waals surface area contributed by atoms with Gasteiger partial charge in [0, 0.05) is 12.6 Å². The molecule has 1 aromatic heterocycles. The molecule has 0 aromatic carbocycles. The lowest BCUT2D eigenvalue weighted by molar-refractivity contribution is 0.318. The molecule has 1 heterocycles. The number of hydrogen-bond acceptors (Lipinski definition) is 3. The van der Waals surface area contributed by atoms with Gasteiger partial charge >= 0.3 is 0 Å². The van der Waals surface area contributed by atoms with Crippen molar-refractivity contribution in [2.45, 2.75) is 32.9 Å². The van der Waals surface area contributed by atoms with Crippen LogP contribution in [0.15, 0.2) is 15.2 Å². The SMILES string of the molecule is CC(C)NCCCN(C)Cc1csc(Br)c1. The van der Waals surface area contributed by atoms with Crippen LogP contribution >= 0.6 is 27.3 Å². The number of nitrogens with zero attached hydrogens (tertiary/aromatic N) is 1. The zero-order chi connectivity index (χ0) is 12.0. The first-order chi connectivity index (χ1) is 7.58. The molecule has 16 heavy (non-hydrogen) atoms. The van der Waals surface area contributed by atoms with Crippen molar-refractivity contribution in [1.29, 1.82) is 0 Å². The van der Waals surface area contributed by atoms with Gasteiger partial charge in [0.05, 0.1) is 3.79 Å². The fraction of sp³-hybridized carbons (Fsp3) is 0.667. The summed E-state index contributed by atoms with van der Waals surface area (Å²) in [5, 5.41) is 5.65. The van der Waals surface area contributed by atoms with E-state index in [9.17, 15) is 0 Å². The van der Waals surface area contributed by atoms with Gasteiger partial charge in [0.1, 0.15) is 0 Å². The van der Waals surface area contributed by atoms with Gasteiger partial charge in [-0.15, -0.1) is 11.3 Å². The Morgan fingerprint density at radius 3 is 2.81 bits per heavy atom. The summed E-state index contributed by atoms with van der Waals surface area (Å²) in [7, 11) is 2.18. The summed E-state index contributed by atoms with van der Waals surface area (Å²) < 4.78 is 1.22. The average Bonchev–Trinajstić information content (AvgIpc) is 2.58. The Kier molecular flexibility index (Phi) is 6.58. The third kappa shape index (κ3) is 5.99. The van der Waals surface area contributed by atoms with Gasteiger partial charge in [0.15, 0.2) is 0 Å². The van der Waals surface area contributed by atoms with E-state index in [1.165, 1.54) is 15.8 Å². The maximum Gasteiger partial charge on any atom is 0.0701 e. The van der Waals surface area contributed by atoms with Crippen molar-refractivity contribution in [2.24, 2.45) is 0 Å². The van der Waals surface area contributed by atoms with Crippen LogP contribution < -0.4 is 5.32 Å². The minimum atomic E-state index is 0.595. The molecule has 0 radical (unpaired) electrons. The van der Waals surface area contributed by atoms with E-state index in [1.54, 1.807) is 11.3 Å². The first kappa shape index (κ1) is 14.2. The molecule has 92 valence electrons. The van der Waals surface area contributed by atoms with E-state index in [-0.39, 0.29) is 0 Å². The predicted molar refractivity (Wildman–Crippen MR) is 76.1 cm³/mol. The van der Waals surface area contributed by atoms with Crippen molar-refractivity contribution in [3.63, 3.8) is 0 Å². The summed E-state index contributed by atoms with van der Waals surface area (Å²) in [4.78, 5) is 2.37. The van der Waals surface area contributed by atoms with Gasteiger partial charge in [0.2, 0.25) is 0 Å². The van der Waals surface area contributed by atoms with Gasteiger partial charge in [0.25, 0.3) is 0 Å². The highest BCUT2D eigenvalue weighted by atomic mass is 79.9. The molecule has 0 spiro atoms. The van der Waals surface area contributed by atoms with Gasteiger partial charge < -0.3 is 10.2 Å². The molecule has 0 fully saturated rings. The van der Waals surface area contributed by atoms with Crippen LogP contribution in [0.5, 0.6) is 0 Å². The van der Waals surface area contributed by atoms with Crippen LogP contribution in [0.25, 0.3) is 0 Å². The molecule has 0 saturated heterocycles. The fourth-order valence-corrected chi connectivity index (χ4v) is 2.76. The lowest BCUT2D eigenvalue weighted by atomic mass is 10.3. The highest BCUT2D eigenvalue weighted by molar-refractivity contribution is 9.11. The highest BCUT2D eigenvalue weighted by Gasteiger charge is 2.02. The van der Waals surface area contributed by atoms with Gasteiger partial charge in [-0.2, -0.15) is 0 Å². The van der Waals surface area contributed by atoms with E-state index >= 15 is 0 Å². The van der Waals surface area contributed by atoms with E-state index in [4.69, 9.17) is 0 Å². The van der Waals surface area contributed by atoms with Crippen LogP contribution in [-0.2, 0) is 6.54 Å². The standard InChI is InChI=1S/C12H21BrN2S/c1-10(2)14-5-4-6-15(3)8-11-7-12(13)16-9-11/h7,9-10,14H,4-6,8H2,1-3H3. The highest BCUT2D eigenvalue weighted by Crippen LogP contribution is 2.21. The summed E-state index contributed by atoms with van der Waals surface area (Å²) in [6.45, 7) is 7.67. The zero-order valence-electron chi connectivity index (χ0n) is 10.3.